The molecule has 0 unspecified atom stereocenters. The summed E-state index contributed by atoms with van der Waals surface area (Å²) in [6.07, 6.45) is 1.95. The molecule has 2 aromatic rings. The molecule has 0 aliphatic carbocycles. The third kappa shape index (κ3) is 8.10. The van der Waals surface area contributed by atoms with Crippen LogP contribution in [0.5, 0.6) is 0 Å². The Balaban J connectivity index is 1.90. The largest absolute Gasteiger partial charge is 0.352 e. The van der Waals surface area contributed by atoms with Crippen LogP contribution in [0.25, 0.3) is 0 Å². The number of nitrogens with zero attached hydrogens (tertiary/aromatic N) is 2. The van der Waals surface area contributed by atoms with Gasteiger partial charge in [-0.25, -0.2) is 0 Å². The summed E-state index contributed by atoms with van der Waals surface area (Å²) in [6, 6.07) is 13.0. The van der Waals surface area contributed by atoms with Gasteiger partial charge in [0.15, 0.2) is 0 Å². The van der Waals surface area contributed by atoms with Gasteiger partial charge in [-0.1, -0.05) is 13.3 Å². The zero-order valence-corrected chi connectivity index (χ0v) is 17.4. The highest BCUT2D eigenvalue weighted by atomic mass is 32.2. The standard InChI is InChI=1S/C20H24N4O5S/c1-2-3-12-21-19(25)15-4-8-17(9-5-15)23-24-18-10-6-16(7-11-18)20(26)22-13-14-30(27,28)29/h4-11H,2-3,12-14H2,1H3,(H,21,25)(H,22,26)(H,27,28,29)/b24-23+. The fourth-order valence-electron chi connectivity index (χ4n) is 2.35. The van der Waals surface area contributed by atoms with E-state index in [1.165, 1.54) is 12.1 Å². The van der Waals surface area contributed by atoms with E-state index in [-0.39, 0.29) is 12.5 Å². The van der Waals surface area contributed by atoms with Crippen LogP contribution in [0.15, 0.2) is 58.8 Å². The Kier molecular flexibility index (Phi) is 8.63. The van der Waals surface area contributed by atoms with Crippen molar-refractivity contribution in [2.75, 3.05) is 18.8 Å². The fraction of sp³-hybridized carbons (Fsp3) is 0.300. The van der Waals surface area contributed by atoms with E-state index < -0.39 is 21.8 Å². The third-order valence-electron chi connectivity index (χ3n) is 4.00. The molecule has 9 nitrogen and oxygen atoms in total. The van der Waals surface area contributed by atoms with Gasteiger partial charge in [0, 0.05) is 24.2 Å². The summed E-state index contributed by atoms with van der Waals surface area (Å²) in [5, 5.41) is 13.4. The molecule has 0 atom stereocenters. The Bertz CT molecular complexity index is 987. The van der Waals surface area contributed by atoms with Crippen molar-refractivity contribution in [2.45, 2.75) is 19.8 Å². The molecule has 0 fully saturated rings. The van der Waals surface area contributed by atoms with Crippen molar-refractivity contribution in [3.8, 4) is 0 Å². The molecule has 0 aliphatic rings. The summed E-state index contributed by atoms with van der Waals surface area (Å²) in [5.41, 5.74) is 1.97. The number of amides is 2. The molecule has 0 aromatic heterocycles. The van der Waals surface area contributed by atoms with E-state index in [1.807, 2.05) is 0 Å². The molecule has 3 N–H and O–H groups in total. The average molecular weight is 433 g/mol. The van der Waals surface area contributed by atoms with Crippen LogP contribution in [0.1, 0.15) is 40.5 Å². The molecule has 30 heavy (non-hydrogen) atoms. The van der Waals surface area contributed by atoms with Crippen molar-refractivity contribution in [3.05, 3.63) is 59.7 Å². The molecule has 0 saturated carbocycles. The van der Waals surface area contributed by atoms with Crippen molar-refractivity contribution in [3.63, 3.8) is 0 Å². The minimum Gasteiger partial charge on any atom is -0.352 e. The van der Waals surface area contributed by atoms with Gasteiger partial charge in [-0.3, -0.25) is 14.1 Å². The second-order valence-corrected chi connectivity index (χ2v) is 8.02. The number of hydrogen-bond acceptors (Lipinski definition) is 6. The van der Waals surface area contributed by atoms with Crippen LogP contribution in [0.3, 0.4) is 0 Å². The SMILES string of the molecule is CCCCNC(=O)c1ccc(/N=N/c2ccc(C(=O)NCCS(=O)(=O)O)cc2)cc1. The number of benzene rings is 2. The number of nitrogens with one attached hydrogen (secondary N) is 2. The Morgan fingerprint density at radius 3 is 1.67 bits per heavy atom. The van der Waals surface area contributed by atoms with Gasteiger partial charge in [0.05, 0.1) is 17.1 Å². The summed E-state index contributed by atoms with van der Waals surface area (Å²) < 4.78 is 30.0. The molecule has 0 saturated heterocycles. The number of unbranched alkanes of at least 4 members (excludes halogenated alkanes) is 1. The third-order valence-corrected chi connectivity index (χ3v) is 4.72. The lowest BCUT2D eigenvalue weighted by Gasteiger charge is -2.04. The molecule has 0 bridgehead atoms. The lowest BCUT2D eigenvalue weighted by molar-refractivity contribution is 0.0946. The molecule has 0 aliphatic heterocycles. The van der Waals surface area contributed by atoms with E-state index in [4.69, 9.17) is 4.55 Å². The van der Waals surface area contributed by atoms with E-state index in [0.717, 1.165) is 12.8 Å². The lowest BCUT2D eigenvalue weighted by atomic mass is 10.2. The van der Waals surface area contributed by atoms with Crippen molar-refractivity contribution < 1.29 is 22.6 Å². The molecule has 0 spiro atoms. The van der Waals surface area contributed by atoms with Crippen molar-refractivity contribution in [1.82, 2.24) is 10.6 Å². The van der Waals surface area contributed by atoms with Gasteiger partial charge < -0.3 is 10.6 Å². The van der Waals surface area contributed by atoms with Crippen molar-refractivity contribution in [1.29, 1.82) is 0 Å². The highest BCUT2D eigenvalue weighted by molar-refractivity contribution is 7.85. The zero-order valence-electron chi connectivity index (χ0n) is 16.5. The molecule has 2 rings (SSSR count). The molecule has 160 valence electrons. The van der Waals surface area contributed by atoms with Gasteiger partial charge in [-0.05, 0) is 55.0 Å². The van der Waals surface area contributed by atoms with Crippen LogP contribution in [0.4, 0.5) is 11.4 Å². The van der Waals surface area contributed by atoms with E-state index in [2.05, 4.69) is 27.8 Å². The maximum Gasteiger partial charge on any atom is 0.266 e. The van der Waals surface area contributed by atoms with Crippen LogP contribution in [0, 0.1) is 0 Å². The number of azo groups is 1. The topological polar surface area (TPSA) is 137 Å². The molecule has 0 radical (unpaired) electrons. The Morgan fingerprint density at radius 1 is 0.833 bits per heavy atom. The second-order valence-electron chi connectivity index (χ2n) is 6.45. The molecule has 10 heteroatoms. The first-order chi connectivity index (χ1) is 14.3. The van der Waals surface area contributed by atoms with E-state index in [0.29, 0.717) is 29.0 Å². The number of carbonyl (C=O) groups excluding carboxylic acids is 2. The lowest BCUT2D eigenvalue weighted by Crippen LogP contribution is -2.28. The van der Waals surface area contributed by atoms with Gasteiger partial charge in [0.1, 0.15) is 0 Å². The normalized spacial score (nSPS) is 11.4. The number of rotatable bonds is 10. The maximum atomic E-state index is 12.0. The summed E-state index contributed by atoms with van der Waals surface area (Å²) >= 11 is 0. The van der Waals surface area contributed by atoms with Crippen molar-refractivity contribution >= 4 is 33.3 Å². The van der Waals surface area contributed by atoms with Gasteiger partial charge >= 0.3 is 0 Å². The van der Waals surface area contributed by atoms with Crippen LogP contribution in [-0.2, 0) is 10.1 Å². The van der Waals surface area contributed by atoms with Gasteiger partial charge in [-0.15, -0.1) is 0 Å². The average Bonchev–Trinajstić information content (AvgIpc) is 2.72. The predicted octanol–water partition coefficient (Wildman–Crippen LogP) is 3.25. The fourth-order valence-corrected chi connectivity index (χ4v) is 2.71. The van der Waals surface area contributed by atoms with Crippen LogP contribution < -0.4 is 10.6 Å². The summed E-state index contributed by atoms with van der Waals surface area (Å²) in [6.45, 7) is 2.51. The first kappa shape index (κ1) is 23.2. The second kappa shape index (κ2) is 11.2. The molecular formula is C20H24N4O5S. The van der Waals surface area contributed by atoms with Gasteiger partial charge in [-0.2, -0.15) is 18.6 Å². The number of hydrogen-bond donors (Lipinski definition) is 3. The predicted molar refractivity (Wildman–Crippen MR) is 113 cm³/mol. The first-order valence-electron chi connectivity index (χ1n) is 9.42. The monoisotopic (exact) mass is 432 g/mol. The first-order valence-corrected chi connectivity index (χ1v) is 11.0. The summed E-state index contributed by atoms with van der Waals surface area (Å²) in [4.78, 5) is 23.9. The van der Waals surface area contributed by atoms with Crippen LogP contribution in [0.2, 0.25) is 0 Å². The Hall–Kier alpha value is -3.11. The van der Waals surface area contributed by atoms with Crippen LogP contribution >= 0.6 is 0 Å². The van der Waals surface area contributed by atoms with E-state index in [1.54, 1.807) is 36.4 Å². The Morgan fingerprint density at radius 2 is 1.27 bits per heavy atom. The quantitative estimate of drug-likeness (QED) is 0.301. The molecule has 2 amide bonds. The van der Waals surface area contributed by atoms with E-state index in [9.17, 15) is 18.0 Å². The highest BCUT2D eigenvalue weighted by Gasteiger charge is 2.08. The van der Waals surface area contributed by atoms with Crippen molar-refractivity contribution in [2.24, 2.45) is 10.2 Å². The minimum absolute atomic E-state index is 0.127. The van der Waals surface area contributed by atoms with Gasteiger partial charge in [0.2, 0.25) is 0 Å². The summed E-state index contributed by atoms with van der Waals surface area (Å²) in [5.74, 6) is -1.14. The molecule has 0 heterocycles. The molecular weight excluding hydrogens is 408 g/mol. The zero-order chi connectivity index (χ0) is 22.0. The van der Waals surface area contributed by atoms with E-state index >= 15 is 0 Å². The van der Waals surface area contributed by atoms with Gasteiger partial charge in [0.25, 0.3) is 21.9 Å². The highest BCUT2D eigenvalue weighted by Crippen LogP contribution is 2.19. The smallest absolute Gasteiger partial charge is 0.266 e. The minimum atomic E-state index is -4.12. The molecule has 2 aromatic carbocycles. The maximum absolute atomic E-state index is 12.0. The summed E-state index contributed by atoms with van der Waals surface area (Å²) in [7, 11) is -4.12. The number of carbonyl (C=O) groups is 2. The Labute approximate surface area is 175 Å². The van der Waals surface area contributed by atoms with Crippen LogP contribution in [-0.4, -0.2) is 43.6 Å².